The number of amides is 4. The summed E-state index contributed by atoms with van der Waals surface area (Å²) in [6, 6.07) is 25.7. The van der Waals surface area contributed by atoms with E-state index in [1.54, 1.807) is 40.2 Å². The number of para-hydroxylation sites is 1. The second-order valence-electron chi connectivity index (χ2n) is 23.1. The topological polar surface area (TPSA) is 181 Å². The van der Waals surface area contributed by atoms with E-state index in [0.29, 0.717) is 54.6 Å². The summed E-state index contributed by atoms with van der Waals surface area (Å²) in [5.74, 6) is -0.606. The van der Waals surface area contributed by atoms with Gasteiger partial charge in [-0.1, -0.05) is 66.4 Å². The molecule has 4 heterocycles. The van der Waals surface area contributed by atoms with Crippen LogP contribution in [0.15, 0.2) is 121 Å². The summed E-state index contributed by atoms with van der Waals surface area (Å²) in [5, 5.41) is 17.6. The van der Waals surface area contributed by atoms with Crippen LogP contribution in [0.1, 0.15) is 57.6 Å². The minimum absolute atomic E-state index is 0.0671. The maximum absolute atomic E-state index is 15.3. The van der Waals surface area contributed by atoms with Crippen molar-refractivity contribution in [3.05, 3.63) is 138 Å². The molecule has 2 aliphatic rings. The van der Waals surface area contributed by atoms with Crippen LogP contribution in [0.4, 0.5) is 41.4 Å². The van der Waals surface area contributed by atoms with Crippen LogP contribution in [-0.2, 0) is 26.3 Å². The number of hydrazone groups is 1. The first-order valence-electron chi connectivity index (χ1n) is 29.5. The molecule has 1 atom stereocenters. The minimum atomic E-state index is -1.20. The fourth-order valence-corrected chi connectivity index (χ4v) is 11.8. The minimum Gasteiger partial charge on any atom is -0.494 e. The summed E-state index contributed by atoms with van der Waals surface area (Å²) >= 11 is 1.15. The number of thioether (sulfide) groups is 1. The van der Waals surface area contributed by atoms with E-state index in [1.807, 2.05) is 94.9 Å². The number of alkyl carbamates (subject to hydrolysis) is 1. The molecular weight excluding hydrogens is 1130 g/mol. The first-order valence-corrected chi connectivity index (χ1v) is 30.3. The molecule has 2 aromatic heterocycles. The molecule has 0 aliphatic carbocycles. The first-order chi connectivity index (χ1) is 41.7. The van der Waals surface area contributed by atoms with E-state index in [0.717, 1.165) is 122 Å². The average molecular weight is 1220 g/mol. The van der Waals surface area contributed by atoms with E-state index in [-0.39, 0.29) is 36.1 Å². The molecule has 0 saturated carbocycles. The smallest absolute Gasteiger partial charge is 0.407 e. The van der Waals surface area contributed by atoms with Gasteiger partial charge in [0.2, 0.25) is 11.9 Å². The Kier molecular flexibility index (Phi) is 22.7. The molecule has 0 radical (unpaired) electrons. The highest BCUT2D eigenvalue weighted by molar-refractivity contribution is 8.15. The Morgan fingerprint density at radius 2 is 1.55 bits per heavy atom. The monoisotopic (exact) mass is 1210 g/mol. The number of aryl methyl sites for hydroxylation is 1. The lowest BCUT2D eigenvalue weighted by Crippen LogP contribution is -2.48. The molecule has 0 spiro atoms. The zero-order chi connectivity index (χ0) is 62.3. The van der Waals surface area contributed by atoms with Gasteiger partial charge in [-0.3, -0.25) is 9.63 Å². The maximum atomic E-state index is 15.3. The van der Waals surface area contributed by atoms with Crippen molar-refractivity contribution >= 4 is 68.8 Å². The van der Waals surface area contributed by atoms with Crippen LogP contribution in [0.5, 0.6) is 5.75 Å². The Morgan fingerprint density at radius 1 is 0.828 bits per heavy atom. The highest BCUT2D eigenvalue weighted by Crippen LogP contribution is 2.51. The van der Waals surface area contributed by atoms with Gasteiger partial charge in [0.05, 0.1) is 36.5 Å². The molecular formula is C64H84F2N14O6S. The quantitative estimate of drug-likeness (QED) is 0.0252. The van der Waals surface area contributed by atoms with E-state index in [1.165, 1.54) is 12.1 Å². The van der Waals surface area contributed by atoms with Gasteiger partial charge in [0, 0.05) is 127 Å². The van der Waals surface area contributed by atoms with Crippen LogP contribution in [0, 0.1) is 11.6 Å². The Bertz CT molecular complexity index is 3350. The van der Waals surface area contributed by atoms with Gasteiger partial charge < -0.3 is 54.5 Å². The van der Waals surface area contributed by atoms with E-state index >= 15 is 4.39 Å². The Labute approximate surface area is 514 Å². The number of nitrogens with one attached hydrogen (secondary N) is 3. The Morgan fingerprint density at radius 3 is 2.28 bits per heavy atom. The van der Waals surface area contributed by atoms with Gasteiger partial charge in [-0.05, 0) is 123 Å². The van der Waals surface area contributed by atoms with Crippen LogP contribution in [0.25, 0.3) is 22.2 Å². The van der Waals surface area contributed by atoms with Gasteiger partial charge in [0.15, 0.2) is 0 Å². The molecule has 23 heteroatoms. The predicted molar refractivity (Wildman–Crippen MR) is 342 cm³/mol. The number of carbonyl (C=O) groups is 3. The van der Waals surface area contributed by atoms with Crippen molar-refractivity contribution in [1.29, 1.82) is 0 Å². The summed E-state index contributed by atoms with van der Waals surface area (Å²) in [5.41, 5.74) is 4.85. The number of hydrogen-bond donors (Lipinski definition) is 3. The fourth-order valence-electron chi connectivity index (χ4n) is 10.4. The number of hydroxylamine groups is 2. The van der Waals surface area contributed by atoms with Gasteiger partial charge >= 0.3 is 12.1 Å². The normalized spacial score (nSPS) is 15.8. The molecule has 87 heavy (non-hydrogen) atoms. The lowest BCUT2D eigenvalue weighted by atomic mass is 10.0. The van der Waals surface area contributed by atoms with Gasteiger partial charge in [-0.2, -0.15) is 10.1 Å². The van der Waals surface area contributed by atoms with Crippen molar-refractivity contribution in [2.45, 2.75) is 56.9 Å². The number of benzene rings is 4. The Hall–Kier alpha value is -7.67. The molecule has 20 nitrogen and oxygen atoms in total. The molecule has 6 aromatic rings. The van der Waals surface area contributed by atoms with Crippen molar-refractivity contribution in [1.82, 2.24) is 49.5 Å². The maximum Gasteiger partial charge on any atom is 0.407 e. The van der Waals surface area contributed by atoms with Crippen molar-refractivity contribution in [2.24, 2.45) is 12.1 Å². The largest absolute Gasteiger partial charge is 0.494 e. The standard InChI is InChI=1S/C64H84F2N14O6S/c1-63(2,3)86-61(82)68-29-17-28-64(46-20-12-11-13-21-46)80(72-59(87-64)49-42-47(65)25-26-51(49)66)62(83)77(9)85-41-19-34-79-39-37-78(38-40-79)33-18-32-74(6)31-16-24-58(81)69-53-43-54(57(84-10)44-56(53)75(7)36-35-73(4)5)71-60-67-30-27-52(70-60)50-45-76(8)55-23-15-14-22-48(50)55/h11-16,20-27,30,42-45H,17-19,28-29,31-41H2,1-10H3,(H,68,82)(H,69,81)(H,67,70,71)/b24-16+/t64-/m0/s1. The summed E-state index contributed by atoms with van der Waals surface area (Å²) in [6.07, 6.45) is 9.01. The van der Waals surface area contributed by atoms with E-state index in [4.69, 9.17) is 19.3 Å². The SMILES string of the molecule is COc1cc(N(C)CCN(C)C)c(NC(=O)/C=C/CN(C)CCCN2CCN(CCCON(C)C(=O)N3N=C(c4cc(F)ccc4F)S[C@@]3(CCCNC(=O)OC(C)(C)C)c3ccccc3)CC2)cc1Nc1nccc(-c2cn(C)c3ccccc23)n1. The third kappa shape index (κ3) is 17.8. The average Bonchev–Trinajstić information content (AvgIpc) is 1.68. The second-order valence-corrected chi connectivity index (χ2v) is 24.4. The number of fused-ring (bicyclic) bond motifs is 1. The molecule has 4 aromatic carbocycles. The number of hydrogen-bond acceptors (Lipinski definition) is 16. The van der Waals surface area contributed by atoms with Gasteiger partial charge in [-0.15, -0.1) is 0 Å². The number of rotatable bonds is 27. The number of piperazine rings is 1. The molecule has 0 unspecified atom stereocenters. The van der Waals surface area contributed by atoms with Crippen molar-refractivity contribution in [2.75, 3.05) is 136 Å². The highest BCUT2D eigenvalue weighted by atomic mass is 32.2. The third-order valence-electron chi connectivity index (χ3n) is 15.0. The number of likely N-dealkylation sites (N-methyl/N-ethyl adjacent to an activating group) is 3. The third-order valence-corrected chi connectivity index (χ3v) is 16.5. The number of aromatic nitrogens is 3. The van der Waals surface area contributed by atoms with E-state index in [9.17, 15) is 18.8 Å². The van der Waals surface area contributed by atoms with Gasteiger partial charge in [0.1, 0.15) is 32.9 Å². The summed E-state index contributed by atoms with van der Waals surface area (Å²) in [4.78, 5) is 66.2. The number of carbonyl (C=O) groups excluding carboxylic acids is 3. The molecule has 8 rings (SSSR count). The summed E-state index contributed by atoms with van der Waals surface area (Å²) in [7, 11) is 13.3. The van der Waals surface area contributed by atoms with Crippen LogP contribution in [0.3, 0.4) is 0 Å². The predicted octanol–water partition coefficient (Wildman–Crippen LogP) is 10.0. The number of ether oxygens (including phenoxy) is 2. The van der Waals surface area contributed by atoms with Crippen LogP contribution < -0.4 is 25.6 Å². The van der Waals surface area contributed by atoms with E-state index in [2.05, 4.69) is 80.5 Å². The first kappa shape index (κ1) is 65.3. The molecule has 1 saturated heterocycles. The number of methoxy groups -OCH3 is 1. The van der Waals surface area contributed by atoms with Crippen molar-refractivity contribution in [3.63, 3.8) is 0 Å². The van der Waals surface area contributed by atoms with Gasteiger partial charge in [0.25, 0.3) is 0 Å². The highest BCUT2D eigenvalue weighted by Gasteiger charge is 2.50. The Balaban J connectivity index is 0.793. The summed E-state index contributed by atoms with van der Waals surface area (Å²) in [6.45, 7) is 14.2. The molecule has 1 fully saturated rings. The van der Waals surface area contributed by atoms with Crippen molar-refractivity contribution < 1.29 is 37.5 Å². The zero-order valence-electron chi connectivity index (χ0n) is 51.8. The molecule has 4 amide bonds. The van der Waals surface area contributed by atoms with Gasteiger partial charge in [-0.25, -0.2) is 33.4 Å². The lowest BCUT2D eigenvalue weighted by molar-refractivity contribution is -0.113. The number of nitrogens with zero attached hydrogens (tertiary/aromatic N) is 11. The zero-order valence-corrected chi connectivity index (χ0v) is 52.6. The number of halogens is 2. The molecule has 2 aliphatic heterocycles. The van der Waals surface area contributed by atoms with Crippen LogP contribution in [-0.4, -0.2) is 194 Å². The molecule has 466 valence electrons. The number of urea groups is 1. The fraction of sp³-hybridized carbons (Fsp3) is 0.438. The molecule has 3 N–H and O–H groups in total. The van der Waals surface area contributed by atoms with E-state index < -0.39 is 34.2 Å². The van der Waals surface area contributed by atoms with Crippen LogP contribution >= 0.6 is 11.8 Å². The van der Waals surface area contributed by atoms with Crippen molar-refractivity contribution in [3.8, 4) is 17.0 Å². The lowest BCUT2D eigenvalue weighted by Gasteiger charge is -2.37. The molecule has 0 bridgehead atoms. The summed E-state index contributed by atoms with van der Waals surface area (Å²) < 4.78 is 43.3. The number of anilines is 4. The second kappa shape index (κ2) is 30.3. The van der Waals surface area contributed by atoms with Crippen LogP contribution in [0.2, 0.25) is 0 Å².